The summed E-state index contributed by atoms with van der Waals surface area (Å²) in [6, 6.07) is 7.69. The van der Waals surface area contributed by atoms with Crippen molar-refractivity contribution in [1.29, 1.82) is 0 Å². The minimum absolute atomic E-state index is 0.0604. The lowest BCUT2D eigenvalue weighted by Crippen LogP contribution is -2.09. The van der Waals surface area contributed by atoms with Gasteiger partial charge in [-0.25, -0.2) is 0 Å². The van der Waals surface area contributed by atoms with E-state index in [1.807, 2.05) is 24.3 Å². The molecule has 5 heteroatoms. The van der Waals surface area contributed by atoms with Gasteiger partial charge in [-0.3, -0.25) is 4.79 Å². The number of hydrogen-bond acceptors (Lipinski definition) is 4. The third kappa shape index (κ3) is 2.25. The Morgan fingerprint density at radius 3 is 3.00 bits per heavy atom. The Morgan fingerprint density at radius 1 is 1.38 bits per heavy atom. The van der Waals surface area contributed by atoms with Gasteiger partial charge >= 0.3 is 5.97 Å². The maximum atomic E-state index is 10.4. The molecule has 0 aliphatic heterocycles. The molecular formula is C11H11N3O2. The first-order valence-electron chi connectivity index (χ1n) is 4.93. The normalized spacial score (nSPS) is 10.2. The second kappa shape index (κ2) is 4.57. The maximum Gasteiger partial charge on any atom is 0.305 e. The van der Waals surface area contributed by atoms with Crippen LogP contribution in [0, 0.1) is 0 Å². The van der Waals surface area contributed by atoms with E-state index in [4.69, 9.17) is 5.11 Å². The summed E-state index contributed by atoms with van der Waals surface area (Å²) in [6.07, 6.45) is 1.74. The van der Waals surface area contributed by atoms with E-state index < -0.39 is 5.97 Å². The van der Waals surface area contributed by atoms with Crippen molar-refractivity contribution in [3.63, 3.8) is 0 Å². The van der Waals surface area contributed by atoms with Crippen molar-refractivity contribution in [2.75, 3.05) is 11.9 Å². The number of hydrogen-bond donors (Lipinski definition) is 2. The number of carboxylic acid groups (broad SMARTS) is 1. The molecular weight excluding hydrogens is 206 g/mol. The number of carbonyl (C=O) groups is 1. The van der Waals surface area contributed by atoms with Crippen LogP contribution in [0.3, 0.4) is 0 Å². The smallest absolute Gasteiger partial charge is 0.305 e. The summed E-state index contributed by atoms with van der Waals surface area (Å²) >= 11 is 0. The second-order valence-corrected chi connectivity index (χ2v) is 3.35. The fourth-order valence-electron chi connectivity index (χ4n) is 1.45. The van der Waals surface area contributed by atoms with Crippen LogP contribution in [0.2, 0.25) is 0 Å². The molecule has 0 saturated heterocycles. The van der Waals surface area contributed by atoms with Crippen LogP contribution in [0.1, 0.15) is 6.42 Å². The van der Waals surface area contributed by atoms with Gasteiger partial charge in [-0.1, -0.05) is 24.3 Å². The lowest BCUT2D eigenvalue weighted by molar-refractivity contribution is -0.136. The van der Waals surface area contributed by atoms with Gasteiger partial charge in [-0.05, 0) is 0 Å². The molecule has 0 bridgehead atoms. The van der Waals surface area contributed by atoms with Crippen molar-refractivity contribution in [3.8, 4) is 0 Å². The van der Waals surface area contributed by atoms with E-state index in [9.17, 15) is 4.79 Å². The summed E-state index contributed by atoms with van der Waals surface area (Å²) < 4.78 is 0. The Bertz CT molecular complexity index is 508. The summed E-state index contributed by atoms with van der Waals surface area (Å²) in [5.41, 5.74) is 0. The van der Waals surface area contributed by atoms with Crippen LogP contribution in [-0.2, 0) is 4.79 Å². The zero-order valence-corrected chi connectivity index (χ0v) is 8.55. The SMILES string of the molecule is O=C(O)CCNc1nncc2ccccc12. The van der Waals surface area contributed by atoms with E-state index >= 15 is 0 Å². The predicted octanol–water partition coefficient (Wildman–Crippen LogP) is 1.52. The highest BCUT2D eigenvalue weighted by molar-refractivity contribution is 5.90. The van der Waals surface area contributed by atoms with Crippen LogP contribution in [0.4, 0.5) is 5.82 Å². The number of fused-ring (bicyclic) bond motifs is 1. The van der Waals surface area contributed by atoms with Gasteiger partial charge in [0, 0.05) is 17.3 Å². The molecule has 0 radical (unpaired) electrons. The molecule has 2 rings (SSSR count). The number of carboxylic acids is 1. The van der Waals surface area contributed by atoms with Crippen LogP contribution >= 0.6 is 0 Å². The molecule has 1 heterocycles. The zero-order valence-electron chi connectivity index (χ0n) is 8.55. The van der Waals surface area contributed by atoms with Gasteiger partial charge in [-0.2, -0.15) is 5.10 Å². The summed E-state index contributed by atoms with van der Waals surface area (Å²) in [5.74, 6) is -0.208. The summed E-state index contributed by atoms with van der Waals surface area (Å²) in [6.45, 7) is 0.345. The first-order chi connectivity index (χ1) is 7.77. The highest BCUT2D eigenvalue weighted by Crippen LogP contribution is 2.18. The van der Waals surface area contributed by atoms with Crippen LogP contribution in [0.5, 0.6) is 0 Å². The monoisotopic (exact) mass is 217 g/mol. The number of aliphatic carboxylic acids is 1. The van der Waals surface area contributed by atoms with Crippen molar-refractivity contribution >= 4 is 22.6 Å². The van der Waals surface area contributed by atoms with Crippen LogP contribution < -0.4 is 5.32 Å². The lowest BCUT2D eigenvalue weighted by Gasteiger charge is -2.05. The maximum absolute atomic E-state index is 10.4. The molecule has 0 atom stereocenters. The second-order valence-electron chi connectivity index (χ2n) is 3.35. The number of aromatic nitrogens is 2. The molecule has 1 aromatic carbocycles. The highest BCUT2D eigenvalue weighted by Gasteiger charge is 2.02. The van der Waals surface area contributed by atoms with E-state index in [0.717, 1.165) is 10.8 Å². The largest absolute Gasteiger partial charge is 0.481 e. The first-order valence-corrected chi connectivity index (χ1v) is 4.93. The predicted molar refractivity (Wildman–Crippen MR) is 60.3 cm³/mol. The van der Waals surface area contributed by atoms with E-state index in [-0.39, 0.29) is 6.42 Å². The van der Waals surface area contributed by atoms with E-state index in [2.05, 4.69) is 15.5 Å². The number of nitrogens with one attached hydrogen (secondary N) is 1. The van der Waals surface area contributed by atoms with Gasteiger partial charge in [0.2, 0.25) is 0 Å². The first kappa shape index (κ1) is 10.4. The van der Waals surface area contributed by atoms with Gasteiger partial charge < -0.3 is 10.4 Å². The van der Waals surface area contributed by atoms with Crippen molar-refractivity contribution in [2.45, 2.75) is 6.42 Å². The van der Waals surface area contributed by atoms with Gasteiger partial charge in [0.25, 0.3) is 0 Å². The summed E-state index contributed by atoms with van der Waals surface area (Å²) in [5, 5.41) is 21.2. The summed E-state index contributed by atoms with van der Waals surface area (Å²) in [4.78, 5) is 10.4. The van der Waals surface area contributed by atoms with Crippen molar-refractivity contribution in [2.24, 2.45) is 0 Å². The standard InChI is InChI=1S/C11H11N3O2/c15-10(16)5-6-12-11-9-4-2-1-3-8(9)7-13-14-11/h1-4,7H,5-6H2,(H,12,14)(H,15,16). The molecule has 2 aromatic rings. The van der Waals surface area contributed by atoms with Crippen molar-refractivity contribution < 1.29 is 9.90 Å². The van der Waals surface area contributed by atoms with Gasteiger partial charge in [0.15, 0.2) is 5.82 Å². The van der Waals surface area contributed by atoms with Gasteiger partial charge in [0.1, 0.15) is 0 Å². The van der Waals surface area contributed by atoms with Crippen LogP contribution in [0.25, 0.3) is 10.8 Å². The molecule has 0 aliphatic rings. The fourth-order valence-corrected chi connectivity index (χ4v) is 1.45. The van der Waals surface area contributed by atoms with E-state index in [1.165, 1.54) is 0 Å². The molecule has 5 nitrogen and oxygen atoms in total. The third-order valence-electron chi connectivity index (χ3n) is 2.20. The fraction of sp³-hybridized carbons (Fsp3) is 0.182. The van der Waals surface area contributed by atoms with Crippen molar-refractivity contribution in [3.05, 3.63) is 30.5 Å². The van der Waals surface area contributed by atoms with Crippen LogP contribution in [0.15, 0.2) is 30.5 Å². The Hall–Kier alpha value is -2.17. The number of benzene rings is 1. The Morgan fingerprint density at radius 2 is 2.19 bits per heavy atom. The molecule has 1 aromatic heterocycles. The lowest BCUT2D eigenvalue weighted by atomic mass is 10.2. The highest BCUT2D eigenvalue weighted by atomic mass is 16.4. The Balaban J connectivity index is 2.20. The molecule has 2 N–H and O–H groups in total. The van der Waals surface area contributed by atoms with Crippen LogP contribution in [-0.4, -0.2) is 27.8 Å². The third-order valence-corrected chi connectivity index (χ3v) is 2.20. The molecule has 0 aliphatic carbocycles. The molecule has 0 spiro atoms. The topological polar surface area (TPSA) is 75.1 Å². The van der Waals surface area contributed by atoms with E-state index in [0.29, 0.717) is 12.4 Å². The molecule has 0 saturated carbocycles. The Labute approximate surface area is 92.1 Å². The Kier molecular flexibility index (Phi) is 2.95. The minimum atomic E-state index is -0.833. The van der Waals surface area contributed by atoms with Gasteiger partial charge in [0.05, 0.1) is 12.6 Å². The number of anilines is 1. The zero-order chi connectivity index (χ0) is 11.4. The average molecular weight is 217 g/mol. The summed E-state index contributed by atoms with van der Waals surface area (Å²) in [7, 11) is 0. The minimum Gasteiger partial charge on any atom is -0.481 e. The number of nitrogens with zero attached hydrogens (tertiary/aromatic N) is 2. The molecule has 0 amide bonds. The molecule has 0 unspecified atom stereocenters. The number of rotatable bonds is 4. The molecule has 16 heavy (non-hydrogen) atoms. The van der Waals surface area contributed by atoms with Crippen molar-refractivity contribution in [1.82, 2.24) is 10.2 Å². The van der Waals surface area contributed by atoms with E-state index in [1.54, 1.807) is 6.20 Å². The quantitative estimate of drug-likeness (QED) is 0.812. The molecule has 0 fully saturated rings. The molecule has 82 valence electrons. The average Bonchev–Trinajstić information content (AvgIpc) is 2.29. The van der Waals surface area contributed by atoms with Gasteiger partial charge in [-0.15, -0.1) is 5.10 Å².